The molecule has 150 valence electrons. The molecule has 0 aliphatic carbocycles. The number of para-hydroxylation sites is 1. The highest BCUT2D eigenvalue weighted by atomic mass is 16.3. The zero-order valence-corrected chi connectivity index (χ0v) is 16.7. The smallest absolute Gasteiger partial charge is 0.256 e. The monoisotopic (exact) mass is 391 g/mol. The van der Waals surface area contributed by atoms with Crippen LogP contribution in [0.5, 0.6) is 0 Å². The van der Waals surface area contributed by atoms with Gasteiger partial charge in [-0.25, -0.2) is 0 Å². The van der Waals surface area contributed by atoms with Crippen LogP contribution in [-0.2, 0) is 11.3 Å². The third kappa shape index (κ3) is 3.83. The minimum Gasteiger partial charge on any atom is -0.467 e. The van der Waals surface area contributed by atoms with E-state index in [0.29, 0.717) is 25.1 Å². The molecule has 6 nitrogen and oxygen atoms in total. The summed E-state index contributed by atoms with van der Waals surface area (Å²) >= 11 is 0. The fourth-order valence-corrected chi connectivity index (χ4v) is 4.00. The van der Waals surface area contributed by atoms with E-state index in [2.05, 4.69) is 9.88 Å². The number of nitrogens with one attached hydrogen (secondary N) is 1. The number of hydrogen-bond acceptors (Lipinski definition) is 3. The number of amides is 2. The topological polar surface area (TPSA) is 67.5 Å². The Bertz CT molecular complexity index is 1010. The SMILES string of the molecule is Cc1cc(C(=O)N2CCCC2C(=O)Nc2ccccc2)c(C)n1Cc1ccco1. The normalized spacial score (nSPS) is 16.2. The van der Waals surface area contributed by atoms with Crippen LogP contribution in [-0.4, -0.2) is 33.9 Å². The second kappa shape index (κ2) is 7.99. The van der Waals surface area contributed by atoms with E-state index < -0.39 is 6.04 Å². The van der Waals surface area contributed by atoms with Crippen molar-refractivity contribution in [2.75, 3.05) is 11.9 Å². The summed E-state index contributed by atoms with van der Waals surface area (Å²) < 4.78 is 7.52. The van der Waals surface area contributed by atoms with Crippen LogP contribution in [0.2, 0.25) is 0 Å². The molecule has 1 aliphatic heterocycles. The number of furan rings is 1. The van der Waals surface area contributed by atoms with Crippen LogP contribution in [0.25, 0.3) is 0 Å². The van der Waals surface area contributed by atoms with E-state index in [1.54, 1.807) is 11.2 Å². The molecule has 0 saturated carbocycles. The van der Waals surface area contributed by atoms with E-state index in [0.717, 1.165) is 29.3 Å². The molecule has 0 radical (unpaired) electrons. The maximum Gasteiger partial charge on any atom is 0.256 e. The van der Waals surface area contributed by atoms with Crippen molar-refractivity contribution in [3.8, 4) is 0 Å². The van der Waals surface area contributed by atoms with Crippen LogP contribution < -0.4 is 5.32 Å². The quantitative estimate of drug-likeness (QED) is 0.715. The number of nitrogens with zero attached hydrogens (tertiary/aromatic N) is 2. The summed E-state index contributed by atoms with van der Waals surface area (Å²) in [5, 5.41) is 2.93. The van der Waals surface area contributed by atoms with Crippen molar-refractivity contribution in [3.05, 3.63) is 77.5 Å². The number of anilines is 1. The summed E-state index contributed by atoms with van der Waals surface area (Å²) in [6, 6.07) is 14.6. The van der Waals surface area contributed by atoms with E-state index in [-0.39, 0.29) is 11.8 Å². The Morgan fingerprint density at radius 2 is 1.93 bits per heavy atom. The lowest BCUT2D eigenvalue weighted by molar-refractivity contribution is -0.119. The van der Waals surface area contributed by atoms with Gasteiger partial charge in [0, 0.05) is 23.6 Å². The summed E-state index contributed by atoms with van der Waals surface area (Å²) in [4.78, 5) is 27.8. The van der Waals surface area contributed by atoms with Gasteiger partial charge in [-0.15, -0.1) is 0 Å². The molecule has 1 unspecified atom stereocenters. The van der Waals surface area contributed by atoms with E-state index in [1.165, 1.54) is 0 Å². The van der Waals surface area contributed by atoms with Crippen molar-refractivity contribution >= 4 is 17.5 Å². The number of aromatic nitrogens is 1. The molecule has 0 bridgehead atoms. The standard InChI is InChI=1S/C23H25N3O3/c1-16-14-20(17(2)26(16)15-19-10-7-13-29-19)23(28)25-12-6-11-21(25)22(27)24-18-8-4-3-5-9-18/h3-5,7-10,13-14,21H,6,11-12,15H2,1-2H3,(H,24,27). The number of likely N-dealkylation sites (tertiary alicyclic amines) is 1. The highest BCUT2D eigenvalue weighted by Crippen LogP contribution is 2.25. The Kier molecular flexibility index (Phi) is 5.25. The van der Waals surface area contributed by atoms with Crippen molar-refractivity contribution < 1.29 is 14.0 Å². The lowest BCUT2D eigenvalue weighted by atomic mass is 10.1. The highest BCUT2D eigenvalue weighted by molar-refractivity contribution is 6.02. The maximum atomic E-state index is 13.3. The predicted molar refractivity (Wildman–Crippen MR) is 111 cm³/mol. The maximum absolute atomic E-state index is 13.3. The number of hydrogen-bond donors (Lipinski definition) is 1. The molecule has 1 saturated heterocycles. The average molecular weight is 391 g/mol. The molecule has 29 heavy (non-hydrogen) atoms. The van der Waals surface area contributed by atoms with Crippen LogP contribution in [0, 0.1) is 13.8 Å². The van der Waals surface area contributed by atoms with Crippen LogP contribution in [0.15, 0.2) is 59.2 Å². The lowest BCUT2D eigenvalue weighted by Crippen LogP contribution is -2.43. The van der Waals surface area contributed by atoms with Gasteiger partial charge in [0.05, 0.1) is 18.4 Å². The molecule has 1 atom stereocenters. The number of rotatable bonds is 5. The minimum atomic E-state index is -0.448. The molecule has 1 aromatic carbocycles. The third-order valence-electron chi connectivity index (χ3n) is 5.56. The molecule has 1 aliphatic rings. The van der Waals surface area contributed by atoms with Crippen molar-refractivity contribution in [2.24, 2.45) is 0 Å². The number of aryl methyl sites for hydroxylation is 1. The van der Waals surface area contributed by atoms with Gasteiger partial charge in [-0.1, -0.05) is 18.2 Å². The van der Waals surface area contributed by atoms with Crippen molar-refractivity contribution in [1.82, 2.24) is 9.47 Å². The predicted octanol–water partition coefficient (Wildman–Crippen LogP) is 3.99. The fourth-order valence-electron chi connectivity index (χ4n) is 4.00. The fraction of sp³-hybridized carbons (Fsp3) is 0.304. The van der Waals surface area contributed by atoms with Crippen LogP contribution in [0.4, 0.5) is 5.69 Å². The molecule has 1 fully saturated rings. The zero-order chi connectivity index (χ0) is 20.4. The van der Waals surface area contributed by atoms with Crippen molar-refractivity contribution in [3.63, 3.8) is 0 Å². The Labute approximate surface area is 170 Å². The van der Waals surface area contributed by atoms with E-state index >= 15 is 0 Å². The minimum absolute atomic E-state index is 0.0884. The first-order valence-electron chi connectivity index (χ1n) is 9.90. The van der Waals surface area contributed by atoms with Gasteiger partial charge in [0.15, 0.2) is 0 Å². The molecule has 2 amide bonds. The molecule has 1 N–H and O–H groups in total. The number of carbonyl (C=O) groups is 2. The van der Waals surface area contributed by atoms with Gasteiger partial charge in [0.25, 0.3) is 5.91 Å². The first-order chi connectivity index (χ1) is 14.0. The lowest BCUT2D eigenvalue weighted by Gasteiger charge is -2.24. The van der Waals surface area contributed by atoms with Crippen LogP contribution >= 0.6 is 0 Å². The first kappa shape index (κ1) is 19.1. The average Bonchev–Trinajstić information content (AvgIpc) is 3.46. The molecule has 6 heteroatoms. The van der Waals surface area contributed by atoms with Crippen molar-refractivity contribution in [2.45, 2.75) is 39.3 Å². The molecule has 4 rings (SSSR count). The largest absolute Gasteiger partial charge is 0.467 e. The number of benzene rings is 1. The number of carbonyl (C=O) groups excluding carboxylic acids is 2. The van der Waals surface area contributed by atoms with Crippen LogP contribution in [0.3, 0.4) is 0 Å². The van der Waals surface area contributed by atoms with Gasteiger partial charge in [-0.3, -0.25) is 9.59 Å². The van der Waals surface area contributed by atoms with E-state index in [4.69, 9.17) is 4.42 Å². The zero-order valence-electron chi connectivity index (χ0n) is 16.7. The van der Waals surface area contributed by atoms with E-state index in [1.807, 2.05) is 62.4 Å². The summed E-state index contributed by atoms with van der Waals surface area (Å²) in [5.74, 6) is 0.619. The molecule has 3 heterocycles. The molecule has 2 aromatic heterocycles. The second-order valence-electron chi connectivity index (χ2n) is 7.46. The molecular formula is C23H25N3O3. The summed E-state index contributed by atoms with van der Waals surface area (Å²) in [6.07, 6.45) is 3.15. The summed E-state index contributed by atoms with van der Waals surface area (Å²) in [6.45, 7) is 5.10. The molecular weight excluding hydrogens is 366 g/mol. The Hall–Kier alpha value is -3.28. The van der Waals surface area contributed by atoms with Gasteiger partial charge in [-0.05, 0) is 57.0 Å². The summed E-state index contributed by atoms with van der Waals surface area (Å²) in [7, 11) is 0. The third-order valence-corrected chi connectivity index (χ3v) is 5.56. The van der Waals surface area contributed by atoms with Crippen LogP contribution in [0.1, 0.15) is 40.3 Å². The highest BCUT2D eigenvalue weighted by Gasteiger charge is 2.35. The Morgan fingerprint density at radius 1 is 1.14 bits per heavy atom. The van der Waals surface area contributed by atoms with E-state index in [9.17, 15) is 9.59 Å². The first-order valence-corrected chi connectivity index (χ1v) is 9.90. The van der Waals surface area contributed by atoms with Gasteiger partial charge < -0.3 is 19.2 Å². The van der Waals surface area contributed by atoms with Crippen molar-refractivity contribution in [1.29, 1.82) is 0 Å². The van der Waals surface area contributed by atoms with Gasteiger partial charge >= 0.3 is 0 Å². The summed E-state index contributed by atoms with van der Waals surface area (Å²) in [5.41, 5.74) is 3.27. The molecule has 0 spiro atoms. The van der Waals surface area contributed by atoms with Gasteiger partial charge in [0.2, 0.25) is 5.91 Å². The second-order valence-corrected chi connectivity index (χ2v) is 7.46. The van der Waals surface area contributed by atoms with Gasteiger partial charge in [-0.2, -0.15) is 0 Å². The van der Waals surface area contributed by atoms with Gasteiger partial charge in [0.1, 0.15) is 11.8 Å². The Morgan fingerprint density at radius 3 is 2.66 bits per heavy atom. The Balaban J connectivity index is 1.53. The molecule has 3 aromatic rings.